The van der Waals surface area contributed by atoms with Crippen molar-refractivity contribution in [3.05, 3.63) is 24.4 Å². The van der Waals surface area contributed by atoms with E-state index in [-0.39, 0.29) is 18.7 Å². The van der Waals surface area contributed by atoms with E-state index in [1.54, 1.807) is 31.3 Å². The van der Waals surface area contributed by atoms with E-state index in [2.05, 4.69) is 31.0 Å². The number of nitrogens with one attached hydrogen (secondary N) is 1. The normalized spacial score (nSPS) is 14.3. The first-order valence-electron chi connectivity index (χ1n) is 7.67. The van der Waals surface area contributed by atoms with E-state index in [4.69, 9.17) is 0 Å². The summed E-state index contributed by atoms with van der Waals surface area (Å²) in [6.45, 7) is 1.70. The fraction of sp³-hybridized carbons (Fsp3) is 0.625. The summed E-state index contributed by atoms with van der Waals surface area (Å²) in [4.78, 5) is 15.7. The van der Waals surface area contributed by atoms with E-state index < -0.39 is 10.4 Å². The van der Waals surface area contributed by atoms with Crippen molar-refractivity contribution < 1.29 is 18.3 Å². The number of unbranched alkanes of at least 4 members (excludes halogenated alkanes) is 2. The van der Waals surface area contributed by atoms with Gasteiger partial charge in [-0.1, -0.05) is 41.8 Å². The Morgan fingerprint density at radius 2 is 2.09 bits per heavy atom. The summed E-state index contributed by atoms with van der Waals surface area (Å²) in [7, 11) is 1.01. The number of rotatable bonds is 10. The van der Waals surface area contributed by atoms with Gasteiger partial charge in [0.05, 0.1) is 0 Å². The number of hydrogen-bond acceptors (Lipinski definition) is 3. The third-order valence-corrected chi connectivity index (χ3v) is 5.17. The standard InChI is InChI=1S/C16H23BrF2N2O2/c1-3-15(17,16(18,19)23-2)11-7-4-5-10-14(22)21-13-9-6-8-12-20-13/h6,8-9,12H,3-5,7,10-11H2,1-2H3,(H,20,21,22). The monoisotopic (exact) mass is 392 g/mol. The molecule has 1 amide bonds. The number of anilines is 1. The maximum atomic E-state index is 13.7. The molecule has 7 heteroatoms. The van der Waals surface area contributed by atoms with Crippen molar-refractivity contribution in [1.82, 2.24) is 4.98 Å². The quantitative estimate of drug-likeness (QED) is 0.461. The van der Waals surface area contributed by atoms with E-state index in [0.717, 1.165) is 7.11 Å². The van der Waals surface area contributed by atoms with E-state index in [1.807, 2.05) is 0 Å². The molecule has 0 aliphatic heterocycles. The summed E-state index contributed by atoms with van der Waals surface area (Å²) in [6.07, 6.45) is 1.21. The Bertz CT molecular complexity index is 488. The number of nitrogens with zero attached hydrogens (tertiary/aromatic N) is 1. The zero-order chi connectivity index (χ0) is 17.3. The first-order valence-corrected chi connectivity index (χ1v) is 8.46. The van der Waals surface area contributed by atoms with Gasteiger partial charge < -0.3 is 10.1 Å². The predicted molar refractivity (Wildman–Crippen MR) is 89.9 cm³/mol. The zero-order valence-corrected chi connectivity index (χ0v) is 15.0. The molecule has 1 atom stereocenters. The SMILES string of the molecule is CCC(Br)(CCCCCC(=O)Nc1ccccn1)C(F)(F)OC. The van der Waals surface area contributed by atoms with Gasteiger partial charge in [0, 0.05) is 19.7 Å². The van der Waals surface area contributed by atoms with E-state index >= 15 is 0 Å². The highest BCUT2D eigenvalue weighted by Gasteiger charge is 2.50. The van der Waals surface area contributed by atoms with Gasteiger partial charge in [0.1, 0.15) is 10.1 Å². The average molecular weight is 393 g/mol. The van der Waals surface area contributed by atoms with Crippen LogP contribution in [0.3, 0.4) is 0 Å². The fourth-order valence-corrected chi connectivity index (χ4v) is 2.66. The molecule has 0 aromatic carbocycles. The third-order valence-electron chi connectivity index (χ3n) is 3.75. The van der Waals surface area contributed by atoms with Crippen LogP contribution in [0.25, 0.3) is 0 Å². The Balaban J connectivity index is 2.28. The van der Waals surface area contributed by atoms with Crippen LogP contribution in [0.2, 0.25) is 0 Å². The van der Waals surface area contributed by atoms with Crippen LogP contribution in [0.15, 0.2) is 24.4 Å². The van der Waals surface area contributed by atoms with Gasteiger partial charge in [0.15, 0.2) is 0 Å². The number of methoxy groups -OCH3 is 1. The van der Waals surface area contributed by atoms with Gasteiger partial charge in [-0.2, -0.15) is 8.78 Å². The highest BCUT2D eigenvalue weighted by atomic mass is 79.9. The molecule has 0 saturated heterocycles. The Kier molecular flexibility index (Phi) is 8.05. The van der Waals surface area contributed by atoms with Crippen LogP contribution in [-0.4, -0.2) is 28.4 Å². The summed E-state index contributed by atoms with van der Waals surface area (Å²) < 4.78 is 30.4. The molecule has 1 aromatic heterocycles. The van der Waals surface area contributed by atoms with Gasteiger partial charge in [0.25, 0.3) is 0 Å². The van der Waals surface area contributed by atoms with Crippen molar-refractivity contribution in [2.45, 2.75) is 55.9 Å². The van der Waals surface area contributed by atoms with Crippen LogP contribution in [0.4, 0.5) is 14.6 Å². The Hall–Kier alpha value is -1.08. The number of carbonyl (C=O) groups is 1. The average Bonchev–Trinajstić information content (AvgIpc) is 2.55. The molecule has 1 N–H and O–H groups in total. The summed E-state index contributed by atoms with van der Waals surface area (Å²) in [6, 6.07) is 5.27. The van der Waals surface area contributed by atoms with Crippen LogP contribution in [0.5, 0.6) is 0 Å². The molecule has 130 valence electrons. The summed E-state index contributed by atoms with van der Waals surface area (Å²) in [5.74, 6) is 0.397. The van der Waals surface area contributed by atoms with Crippen LogP contribution in [0.1, 0.15) is 45.4 Å². The molecule has 0 saturated carbocycles. The molecule has 1 heterocycles. The molecule has 0 spiro atoms. The molecule has 4 nitrogen and oxygen atoms in total. The van der Waals surface area contributed by atoms with Gasteiger partial charge in [0.2, 0.25) is 5.91 Å². The Labute approximate surface area is 144 Å². The van der Waals surface area contributed by atoms with Gasteiger partial charge in [-0.25, -0.2) is 4.98 Å². The molecule has 0 fully saturated rings. The molecule has 0 aliphatic carbocycles. The highest BCUT2D eigenvalue weighted by Crippen LogP contribution is 2.43. The summed E-state index contributed by atoms with van der Waals surface area (Å²) in [5.41, 5.74) is 0. The summed E-state index contributed by atoms with van der Waals surface area (Å²) in [5, 5.41) is 2.69. The number of amides is 1. The molecule has 0 radical (unpaired) electrons. The highest BCUT2D eigenvalue weighted by molar-refractivity contribution is 9.10. The topological polar surface area (TPSA) is 51.2 Å². The molecule has 1 aromatic rings. The van der Waals surface area contributed by atoms with Gasteiger partial charge >= 0.3 is 6.11 Å². The third kappa shape index (κ3) is 6.14. The predicted octanol–water partition coefficient (Wildman–Crippen LogP) is 4.75. The van der Waals surface area contributed by atoms with Crippen molar-refractivity contribution in [2.24, 2.45) is 0 Å². The van der Waals surface area contributed by atoms with Crippen LogP contribution in [-0.2, 0) is 9.53 Å². The second-order valence-corrected chi connectivity index (χ2v) is 6.88. The number of alkyl halides is 3. The molecule has 1 rings (SSSR count). The van der Waals surface area contributed by atoms with Gasteiger partial charge in [-0.3, -0.25) is 4.79 Å². The molecule has 0 bridgehead atoms. The molecule has 23 heavy (non-hydrogen) atoms. The number of pyridine rings is 1. The lowest BCUT2D eigenvalue weighted by molar-refractivity contribution is -0.244. The molecule has 0 aliphatic rings. The molecular formula is C16H23BrF2N2O2. The van der Waals surface area contributed by atoms with Crippen LogP contribution in [0, 0.1) is 0 Å². The minimum atomic E-state index is -3.21. The van der Waals surface area contributed by atoms with Crippen molar-refractivity contribution in [3.63, 3.8) is 0 Å². The Morgan fingerprint density at radius 3 is 2.65 bits per heavy atom. The number of carbonyl (C=O) groups excluding carboxylic acids is 1. The number of aromatic nitrogens is 1. The van der Waals surface area contributed by atoms with Crippen molar-refractivity contribution >= 4 is 27.7 Å². The fourth-order valence-electron chi connectivity index (χ4n) is 2.22. The largest absolute Gasteiger partial charge is 0.370 e. The second kappa shape index (κ2) is 9.27. The minimum Gasteiger partial charge on any atom is -0.323 e. The first-order chi connectivity index (χ1) is 10.8. The second-order valence-electron chi connectivity index (χ2n) is 5.36. The number of ether oxygens (including phenoxy) is 1. The van der Waals surface area contributed by atoms with E-state index in [0.29, 0.717) is 31.5 Å². The maximum absolute atomic E-state index is 13.7. The lowest BCUT2D eigenvalue weighted by atomic mass is 9.96. The van der Waals surface area contributed by atoms with Gasteiger partial charge in [-0.05, 0) is 31.4 Å². The number of hydrogen-bond donors (Lipinski definition) is 1. The maximum Gasteiger partial charge on any atom is 0.370 e. The minimum absolute atomic E-state index is 0.119. The van der Waals surface area contributed by atoms with Crippen LogP contribution >= 0.6 is 15.9 Å². The number of halogens is 3. The van der Waals surface area contributed by atoms with E-state index in [9.17, 15) is 13.6 Å². The van der Waals surface area contributed by atoms with Crippen LogP contribution < -0.4 is 5.32 Å². The van der Waals surface area contributed by atoms with Crippen molar-refractivity contribution in [2.75, 3.05) is 12.4 Å². The lowest BCUT2D eigenvalue weighted by Crippen LogP contribution is -2.43. The zero-order valence-electron chi connectivity index (χ0n) is 13.4. The molecule has 1 unspecified atom stereocenters. The Morgan fingerprint density at radius 1 is 1.35 bits per heavy atom. The van der Waals surface area contributed by atoms with Gasteiger partial charge in [-0.15, -0.1) is 0 Å². The summed E-state index contributed by atoms with van der Waals surface area (Å²) >= 11 is 3.13. The van der Waals surface area contributed by atoms with Crippen molar-refractivity contribution in [1.29, 1.82) is 0 Å². The lowest BCUT2D eigenvalue weighted by Gasteiger charge is -2.33. The first kappa shape index (κ1) is 20.0. The smallest absolute Gasteiger partial charge is 0.323 e. The molecular weight excluding hydrogens is 370 g/mol. The van der Waals surface area contributed by atoms with E-state index in [1.165, 1.54) is 0 Å². The van der Waals surface area contributed by atoms with Crippen molar-refractivity contribution in [3.8, 4) is 0 Å².